The predicted molar refractivity (Wildman–Crippen MR) is 135 cm³/mol. The lowest BCUT2D eigenvalue weighted by Gasteiger charge is -2.59. The van der Waals surface area contributed by atoms with Crippen LogP contribution in [0.25, 0.3) is 5.76 Å². The third-order valence-electron chi connectivity index (χ3n) is 9.60. The van der Waals surface area contributed by atoms with Crippen molar-refractivity contribution in [2.45, 2.75) is 80.4 Å². The molecule has 9 heteroatoms. The molecule has 0 spiro atoms. The molecular weight excluding hydrogens is 480 g/mol. The molecule has 0 saturated heterocycles. The van der Waals surface area contributed by atoms with Crippen molar-refractivity contribution in [1.29, 1.82) is 0 Å². The number of aliphatic hydroxyl groups excluding tert-OH is 4. The Morgan fingerprint density at radius 3 is 2.11 bits per heavy atom. The molecule has 3 aliphatic carbocycles. The minimum Gasteiger partial charge on any atom is -0.487 e. The molecule has 0 aliphatic heterocycles. The zero-order chi connectivity index (χ0) is 27.7. The van der Waals surface area contributed by atoms with Gasteiger partial charge in [0, 0.05) is 11.5 Å². The summed E-state index contributed by atoms with van der Waals surface area (Å²) in [4.78, 5) is 0. The first-order chi connectivity index (χ1) is 17.1. The van der Waals surface area contributed by atoms with Gasteiger partial charge in [-0.25, -0.2) is 0 Å². The van der Waals surface area contributed by atoms with E-state index in [2.05, 4.69) is 13.2 Å². The molecule has 206 valence electrons. The van der Waals surface area contributed by atoms with Crippen molar-refractivity contribution in [3.05, 3.63) is 54.6 Å². The van der Waals surface area contributed by atoms with Crippen LogP contribution in [0, 0.1) is 23.7 Å². The number of benzene rings is 1. The van der Waals surface area contributed by atoms with Gasteiger partial charge in [0.15, 0.2) is 0 Å². The summed E-state index contributed by atoms with van der Waals surface area (Å²) in [5.41, 5.74) is -8.32. The van der Waals surface area contributed by atoms with E-state index in [1.165, 1.54) is 0 Å². The summed E-state index contributed by atoms with van der Waals surface area (Å²) in [5.74, 6) is -4.12. The Balaban J connectivity index is 1.96. The van der Waals surface area contributed by atoms with Crippen molar-refractivity contribution < 1.29 is 45.6 Å². The third kappa shape index (κ3) is 3.67. The molecule has 12 atom stereocenters. The summed E-state index contributed by atoms with van der Waals surface area (Å²) in [7, 11) is 0. The Bertz CT molecular complexity index is 1050. The second-order valence-corrected chi connectivity index (χ2v) is 11.6. The summed E-state index contributed by atoms with van der Waals surface area (Å²) in [5, 5.41) is 92.0. The summed E-state index contributed by atoms with van der Waals surface area (Å²) >= 11 is 0. The smallest absolute Gasteiger partial charge is 0.142 e. The molecule has 3 aliphatic rings. The maximum Gasteiger partial charge on any atom is 0.142 e. The van der Waals surface area contributed by atoms with Crippen LogP contribution < -0.4 is 0 Å². The Hall–Kier alpha value is -1.82. The van der Waals surface area contributed by atoms with E-state index < -0.39 is 77.1 Å². The molecular formula is C28H40O9. The van der Waals surface area contributed by atoms with Crippen LogP contribution in [0.4, 0.5) is 0 Å². The molecule has 1 aromatic carbocycles. The van der Waals surface area contributed by atoms with Crippen LogP contribution in [-0.2, 0) is 4.74 Å². The Morgan fingerprint density at radius 2 is 1.57 bits per heavy atom. The molecule has 4 rings (SSSR count). The average Bonchev–Trinajstić information content (AvgIpc) is 3.09. The largest absolute Gasteiger partial charge is 0.487 e. The number of rotatable bonds is 5. The molecule has 1 aromatic rings. The highest BCUT2D eigenvalue weighted by Crippen LogP contribution is 2.62. The number of hydrogen-bond acceptors (Lipinski definition) is 9. The van der Waals surface area contributed by atoms with Gasteiger partial charge in [-0.1, -0.05) is 57.3 Å². The van der Waals surface area contributed by atoms with E-state index in [4.69, 9.17) is 4.74 Å². The summed E-state index contributed by atoms with van der Waals surface area (Å²) in [6, 6.07) is 8.77. The Kier molecular flexibility index (Phi) is 6.96. The predicted octanol–water partition coefficient (Wildman–Crippen LogP) is -0.0564. The quantitative estimate of drug-likeness (QED) is 0.196. The second-order valence-electron chi connectivity index (χ2n) is 11.6. The zero-order valence-electron chi connectivity index (χ0n) is 21.5. The lowest BCUT2D eigenvalue weighted by atomic mass is 9.53. The fourth-order valence-electron chi connectivity index (χ4n) is 7.36. The first-order valence-corrected chi connectivity index (χ1v) is 12.7. The second kappa shape index (κ2) is 9.14. The molecule has 0 bridgehead atoms. The summed E-state index contributed by atoms with van der Waals surface area (Å²) < 4.78 is 6.23. The zero-order valence-corrected chi connectivity index (χ0v) is 21.5. The van der Waals surface area contributed by atoms with Gasteiger partial charge in [0.2, 0.25) is 0 Å². The van der Waals surface area contributed by atoms with Gasteiger partial charge in [-0.05, 0) is 37.2 Å². The van der Waals surface area contributed by atoms with Crippen molar-refractivity contribution in [3.8, 4) is 0 Å². The van der Waals surface area contributed by atoms with E-state index in [-0.39, 0.29) is 24.2 Å². The van der Waals surface area contributed by atoms with Gasteiger partial charge in [0.25, 0.3) is 0 Å². The molecule has 8 N–H and O–H groups in total. The minimum absolute atomic E-state index is 0.0398. The highest BCUT2D eigenvalue weighted by Gasteiger charge is 2.77. The maximum atomic E-state index is 12.5. The van der Waals surface area contributed by atoms with E-state index in [0.29, 0.717) is 5.56 Å². The number of ether oxygens (including phenoxy) is 1. The van der Waals surface area contributed by atoms with E-state index >= 15 is 0 Å². The fourth-order valence-corrected chi connectivity index (χ4v) is 7.36. The van der Waals surface area contributed by atoms with Crippen LogP contribution in [0.1, 0.15) is 39.2 Å². The van der Waals surface area contributed by atoms with Crippen LogP contribution in [0.2, 0.25) is 0 Å². The number of aliphatic hydroxyl groups is 8. The summed E-state index contributed by atoms with van der Waals surface area (Å²) in [6.07, 6.45) is -7.43. The van der Waals surface area contributed by atoms with Crippen molar-refractivity contribution in [1.82, 2.24) is 0 Å². The first-order valence-electron chi connectivity index (χ1n) is 12.7. The van der Waals surface area contributed by atoms with Gasteiger partial charge < -0.3 is 45.6 Å². The highest BCUT2D eigenvalue weighted by molar-refractivity contribution is 5.57. The third-order valence-corrected chi connectivity index (χ3v) is 9.60. The van der Waals surface area contributed by atoms with E-state index in [1.807, 2.05) is 0 Å². The Morgan fingerprint density at radius 1 is 0.973 bits per heavy atom. The topological polar surface area (TPSA) is 171 Å². The lowest BCUT2D eigenvalue weighted by Crippen LogP contribution is -2.71. The molecule has 3 fully saturated rings. The van der Waals surface area contributed by atoms with Gasteiger partial charge in [0.1, 0.15) is 34.8 Å². The average molecular weight is 521 g/mol. The van der Waals surface area contributed by atoms with Gasteiger partial charge >= 0.3 is 0 Å². The lowest BCUT2D eigenvalue weighted by molar-refractivity contribution is -0.265. The van der Waals surface area contributed by atoms with E-state index in [9.17, 15) is 40.9 Å². The van der Waals surface area contributed by atoms with Gasteiger partial charge in [-0.3, -0.25) is 0 Å². The van der Waals surface area contributed by atoms with Crippen LogP contribution in [0.5, 0.6) is 0 Å². The summed E-state index contributed by atoms with van der Waals surface area (Å²) in [6.45, 7) is 11.5. The molecule has 3 saturated carbocycles. The number of hydrogen-bond donors (Lipinski definition) is 8. The van der Waals surface area contributed by atoms with Crippen molar-refractivity contribution in [2.24, 2.45) is 23.7 Å². The molecule has 0 radical (unpaired) electrons. The van der Waals surface area contributed by atoms with Crippen LogP contribution >= 0.6 is 0 Å². The molecule has 0 heterocycles. The minimum atomic E-state index is -2.78. The van der Waals surface area contributed by atoms with Crippen molar-refractivity contribution in [3.63, 3.8) is 0 Å². The van der Waals surface area contributed by atoms with Crippen molar-refractivity contribution >= 4 is 5.76 Å². The van der Waals surface area contributed by atoms with E-state index in [0.717, 1.165) is 0 Å². The molecule has 0 aromatic heterocycles. The number of fused-ring (bicyclic) bond motifs is 3. The van der Waals surface area contributed by atoms with Crippen LogP contribution in [-0.4, -0.2) is 94.3 Å². The van der Waals surface area contributed by atoms with Crippen molar-refractivity contribution in [2.75, 3.05) is 6.61 Å². The van der Waals surface area contributed by atoms with Crippen LogP contribution in [0.3, 0.4) is 0 Å². The van der Waals surface area contributed by atoms with E-state index in [1.54, 1.807) is 51.1 Å². The molecule has 12 unspecified atom stereocenters. The fraction of sp³-hybridized carbons (Fsp3) is 0.643. The normalized spacial score (nSPS) is 49.5. The standard InChI is InChI=1S/C28H40O9/c1-14(2)25(33)12-16(4)27(35)19-11-15(3)21(30)28(19,36)24(32)26(34,13-29)22(31)20(27)23(25)37-17(5)18-9-7-6-8-10-18/h6-10,15-16,19-24,29-36H,1,5,11-13H2,2-4H3. The Labute approximate surface area is 217 Å². The first kappa shape index (κ1) is 28.2. The van der Waals surface area contributed by atoms with Gasteiger partial charge in [-0.2, -0.15) is 0 Å². The SMILES string of the molecule is C=C(OC1C2C(O)C(O)(CO)C(O)C3(O)C(O)C(C)CC3C2(O)C(C)CC1(O)C(=C)C)c1ccccc1. The maximum absolute atomic E-state index is 12.5. The monoisotopic (exact) mass is 520 g/mol. The van der Waals surface area contributed by atoms with Crippen LogP contribution in [0.15, 0.2) is 49.1 Å². The van der Waals surface area contributed by atoms with Gasteiger partial charge in [0.05, 0.1) is 30.3 Å². The molecule has 9 nitrogen and oxygen atoms in total. The van der Waals surface area contributed by atoms with Gasteiger partial charge in [-0.15, -0.1) is 0 Å². The molecule has 37 heavy (non-hydrogen) atoms. The molecule has 0 amide bonds. The highest BCUT2D eigenvalue weighted by atomic mass is 16.5.